The second-order valence-electron chi connectivity index (χ2n) is 7.99. The summed E-state index contributed by atoms with van der Waals surface area (Å²) >= 11 is 3.07. The monoisotopic (exact) mass is 480 g/mol. The van der Waals surface area contributed by atoms with Gasteiger partial charge >= 0.3 is 0 Å². The van der Waals surface area contributed by atoms with Crippen LogP contribution in [0.5, 0.6) is 0 Å². The molecule has 3 aromatic carbocycles. The number of nitrogens with zero attached hydrogens (tertiary/aromatic N) is 4. The van der Waals surface area contributed by atoms with Gasteiger partial charge in [-0.05, 0) is 41.6 Å². The number of thioether (sulfide) groups is 2. The number of aromatic nitrogens is 1. The third-order valence-corrected chi connectivity index (χ3v) is 8.24. The van der Waals surface area contributed by atoms with Gasteiger partial charge < -0.3 is 4.90 Å². The Labute approximate surface area is 206 Å². The number of anilines is 1. The lowest BCUT2D eigenvalue weighted by Crippen LogP contribution is -2.29. The van der Waals surface area contributed by atoms with Gasteiger partial charge in [0, 0.05) is 23.5 Å². The van der Waals surface area contributed by atoms with Gasteiger partial charge in [-0.15, -0.1) is 0 Å². The fourth-order valence-electron chi connectivity index (χ4n) is 4.11. The van der Waals surface area contributed by atoms with Crippen molar-refractivity contribution in [2.75, 3.05) is 11.9 Å². The van der Waals surface area contributed by atoms with Crippen molar-refractivity contribution in [1.82, 2.24) is 9.88 Å². The first-order chi connectivity index (χ1) is 16.7. The van der Waals surface area contributed by atoms with Gasteiger partial charge in [-0.2, -0.15) is 0 Å². The van der Waals surface area contributed by atoms with E-state index >= 15 is 0 Å². The molecule has 7 heteroatoms. The number of para-hydroxylation sites is 2. The molecule has 2 aliphatic heterocycles. The van der Waals surface area contributed by atoms with Gasteiger partial charge in [0.05, 0.1) is 28.5 Å². The van der Waals surface area contributed by atoms with Crippen molar-refractivity contribution in [3.8, 4) is 0 Å². The van der Waals surface area contributed by atoms with E-state index in [4.69, 9.17) is 4.99 Å². The normalized spacial score (nSPS) is 18.9. The summed E-state index contributed by atoms with van der Waals surface area (Å²) in [6.07, 6.45) is 1.77. The van der Waals surface area contributed by atoms with Crippen LogP contribution in [0.15, 0.2) is 111 Å². The lowest BCUT2D eigenvalue weighted by molar-refractivity contribution is -0.122. The maximum absolute atomic E-state index is 13.8. The van der Waals surface area contributed by atoms with Crippen molar-refractivity contribution in [2.24, 2.45) is 4.99 Å². The Morgan fingerprint density at radius 2 is 1.68 bits per heavy atom. The standard InChI is InChI=1S/C27H20N4OS2/c1-30-21-14-5-6-15-22(21)33-26(30)24-25(32)31(17-18-9-3-2-4-10-18)27(34-24)29-20-13-7-11-19-12-8-16-28-23(19)20/h2-16H,17H2,1H3/b26-24+,29-27?. The number of hydrogen-bond donors (Lipinski definition) is 0. The highest BCUT2D eigenvalue weighted by Gasteiger charge is 2.39. The molecular weight excluding hydrogens is 460 g/mol. The van der Waals surface area contributed by atoms with Crippen LogP contribution in [0.2, 0.25) is 0 Å². The Hall–Kier alpha value is -3.55. The van der Waals surface area contributed by atoms with E-state index in [9.17, 15) is 4.79 Å². The number of carbonyl (C=O) groups excluding carboxylic acids is 1. The maximum Gasteiger partial charge on any atom is 0.269 e. The molecule has 0 N–H and O–H groups in total. The molecule has 1 amide bonds. The van der Waals surface area contributed by atoms with Crippen molar-refractivity contribution in [3.05, 3.63) is 107 Å². The zero-order valence-electron chi connectivity index (χ0n) is 18.4. The fourth-order valence-corrected chi connectivity index (χ4v) is 6.44. The summed E-state index contributed by atoms with van der Waals surface area (Å²) in [4.78, 5) is 29.0. The van der Waals surface area contributed by atoms with Crippen molar-refractivity contribution < 1.29 is 4.79 Å². The number of carbonyl (C=O) groups is 1. The van der Waals surface area contributed by atoms with Crippen LogP contribution in [0.4, 0.5) is 11.4 Å². The highest BCUT2D eigenvalue weighted by Crippen LogP contribution is 2.50. The van der Waals surface area contributed by atoms with Crippen molar-refractivity contribution >= 4 is 56.9 Å². The Bertz CT molecular complexity index is 1480. The average Bonchev–Trinajstić information content (AvgIpc) is 3.36. The van der Waals surface area contributed by atoms with Gasteiger partial charge in [-0.1, -0.05) is 72.4 Å². The van der Waals surface area contributed by atoms with E-state index in [0.717, 1.165) is 37.8 Å². The number of amides is 1. The van der Waals surface area contributed by atoms with Crippen LogP contribution < -0.4 is 4.90 Å². The summed E-state index contributed by atoms with van der Waals surface area (Å²) < 4.78 is 0. The van der Waals surface area contributed by atoms with E-state index in [2.05, 4.69) is 22.0 Å². The SMILES string of the molecule is CN1/C(=C2\SC(=Nc3cccc4cccnc34)N(Cc3ccccc3)C2=O)Sc2ccccc21. The van der Waals surface area contributed by atoms with Gasteiger partial charge in [0.15, 0.2) is 5.17 Å². The number of benzene rings is 3. The number of rotatable bonds is 3. The minimum absolute atomic E-state index is 0.0250. The van der Waals surface area contributed by atoms with Gasteiger partial charge in [-0.3, -0.25) is 14.7 Å². The van der Waals surface area contributed by atoms with Crippen LogP contribution in [0.25, 0.3) is 10.9 Å². The molecule has 0 bridgehead atoms. The second kappa shape index (κ2) is 8.66. The Balaban J connectivity index is 1.45. The van der Waals surface area contributed by atoms with E-state index in [1.807, 2.05) is 79.8 Å². The van der Waals surface area contributed by atoms with Crippen molar-refractivity contribution in [3.63, 3.8) is 0 Å². The first-order valence-electron chi connectivity index (χ1n) is 10.9. The summed E-state index contributed by atoms with van der Waals surface area (Å²) in [5, 5.41) is 2.63. The smallest absolute Gasteiger partial charge is 0.269 e. The van der Waals surface area contributed by atoms with E-state index in [1.54, 1.807) is 22.9 Å². The van der Waals surface area contributed by atoms with Crippen LogP contribution in [0, 0.1) is 0 Å². The predicted octanol–water partition coefficient (Wildman–Crippen LogP) is 6.41. The summed E-state index contributed by atoms with van der Waals surface area (Å²) in [5.41, 5.74) is 3.75. The van der Waals surface area contributed by atoms with Crippen LogP contribution in [-0.4, -0.2) is 28.0 Å². The summed E-state index contributed by atoms with van der Waals surface area (Å²) in [5.74, 6) is -0.0250. The number of fused-ring (bicyclic) bond motifs is 2. The molecule has 1 saturated heterocycles. The molecule has 6 rings (SSSR count). The van der Waals surface area contributed by atoms with Crippen molar-refractivity contribution in [2.45, 2.75) is 11.4 Å². The number of hydrogen-bond acceptors (Lipinski definition) is 6. The minimum atomic E-state index is -0.0250. The molecule has 0 saturated carbocycles. The number of amidine groups is 1. The number of pyridine rings is 1. The molecule has 2 aliphatic rings. The van der Waals surface area contributed by atoms with Gasteiger partial charge in [0.1, 0.15) is 4.91 Å². The van der Waals surface area contributed by atoms with Crippen LogP contribution in [0.1, 0.15) is 5.56 Å². The Morgan fingerprint density at radius 3 is 2.53 bits per heavy atom. The maximum atomic E-state index is 13.8. The molecule has 0 aliphatic carbocycles. The van der Waals surface area contributed by atoms with Gasteiger partial charge in [0.25, 0.3) is 5.91 Å². The molecule has 166 valence electrons. The van der Waals surface area contributed by atoms with Crippen molar-refractivity contribution in [1.29, 1.82) is 0 Å². The third kappa shape index (κ3) is 3.67. The summed E-state index contributed by atoms with van der Waals surface area (Å²) in [6, 6.07) is 28.1. The first kappa shape index (κ1) is 21.0. The molecule has 3 heterocycles. The van der Waals surface area contributed by atoms with Crippen LogP contribution in [0.3, 0.4) is 0 Å². The summed E-state index contributed by atoms with van der Waals surface area (Å²) in [7, 11) is 2.01. The zero-order valence-corrected chi connectivity index (χ0v) is 20.0. The second-order valence-corrected chi connectivity index (χ2v) is 10.00. The quantitative estimate of drug-likeness (QED) is 0.317. The lowest BCUT2D eigenvalue weighted by Gasteiger charge is -2.17. The molecule has 4 aromatic rings. The molecular formula is C27H20N4OS2. The largest absolute Gasteiger partial charge is 0.337 e. The first-order valence-corrected chi connectivity index (χ1v) is 12.5. The highest BCUT2D eigenvalue weighted by atomic mass is 32.2. The van der Waals surface area contributed by atoms with Crippen LogP contribution >= 0.6 is 23.5 Å². The third-order valence-electron chi connectivity index (χ3n) is 5.81. The Kier molecular flexibility index (Phi) is 5.36. The molecule has 0 radical (unpaired) electrons. The van der Waals surface area contributed by atoms with E-state index in [0.29, 0.717) is 16.6 Å². The zero-order chi connectivity index (χ0) is 23.1. The molecule has 1 aromatic heterocycles. The number of aliphatic imine (C=N–C) groups is 1. The molecule has 0 unspecified atom stereocenters. The molecule has 5 nitrogen and oxygen atoms in total. The topological polar surface area (TPSA) is 48.8 Å². The van der Waals surface area contributed by atoms with E-state index in [-0.39, 0.29) is 5.91 Å². The predicted molar refractivity (Wildman–Crippen MR) is 141 cm³/mol. The lowest BCUT2D eigenvalue weighted by atomic mass is 10.2. The summed E-state index contributed by atoms with van der Waals surface area (Å²) in [6.45, 7) is 0.460. The highest BCUT2D eigenvalue weighted by molar-refractivity contribution is 8.19. The van der Waals surface area contributed by atoms with Crippen LogP contribution in [-0.2, 0) is 11.3 Å². The fraction of sp³-hybridized carbons (Fsp3) is 0.0741. The van der Waals surface area contributed by atoms with Gasteiger partial charge in [0.2, 0.25) is 0 Å². The Morgan fingerprint density at radius 1 is 0.882 bits per heavy atom. The average molecular weight is 481 g/mol. The molecule has 1 fully saturated rings. The molecule has 0 spiro atoms. The molecule has 34 heavy (non-hydrogen) atoms. The van der Waals surface area contributed by atoms with Gasteiger partial charge in [-0.25, -0.2) is 4.99 Å². The van der Waals surface area contributed by atoms with E-state index < -0.39 is 0 Å². The minimum Gasteiger partial charge on any atom is -0.337 e. The molecule has 0 atom stereocenters. The van der Waals surface area contributed by atoms with E-state index in [1.165, 1.54) is 11.8 Å².